The Kier molecular flexibility index (Phi) is 4.21. The molecule has 0 aliphatic heterocycles. The Hall–Kier alpha value is -0.960. The zero-order valence-corrected chi connectivity index (χ0v) is 9.33. The van der Waals surface area contributed by atoms with Gasteiger partial charge in [-0.2, -0.15) is 0 Å². The summed E-state index contributed by atoms with van der Waals surface area (Å²) in [5.74, 6) is -0.431. The fourth-order valence-corrected chi connectivity index (χ4v) is 1.67. The van der Waals surface area contributed by atoms with Crippen molar-refractivity contribution in [3.8, 4) is 0 Å². The Morgan fingerprint density at radius 1 is 1.47 bits per heavy atom. The number of aromatic nitrogens is 1. The molecule has 0 aromatic carbocycles. The van der Waals surface area contributed by atoms with Crippen molar-refractivity contribution in [1.82, 2.24) is 4.98 Å². The molecular formula is C12H18FNO. The highest BCUT2D eigenvalue weighted by Crippen LogP contribution is 2.28. The van der Waals surface area contributed by atoms with E-state index in [-0.39, 0.29) is 0 Å². The van der Waals surface area contributed by atoms with Crippen molar-refractivity contribution in [2.45, 2.75) is 45.1 Å². The molecule has 15 heavy (non-hydrogen) atoms. The first-order valence-corrected chi connectivity index (χ1v) is 5.40. The molecule has 0 radical (unpaired) electrons. The SMILES string of the molecule is CCCCCC(C)(O)c1ccncc1F. The van der Waals surface area contributed by atoms with Crippen molar-refractivity contribution in [2.75, 3.05) is 0 Å². The van der Waals surface area contributed by atoms with Crippen LogP contribution in [0.1, 0.15) is 45.1 Å². The van der Waals surface area contributed by atoms with E-state index in [0.717, 1.165) is 25.5 Å². The number of hydrogen-bond acceptors (Lipinski definition) is 2. The van der Waals surface area contributed by atoms with Crippen LogP contribution in [-0.4, -0.2) is 10.1 Å². The van der Waals surface area contributed by atoms with E-state index in [1.807, 2.05) is 0 Å². The van der Waals surface area contributed by atoms with Crippen molar-refractivity contribution in [3.63, 3.8) is 0 Å². The molecule has 1 rings (SSSR count). The molecule has 0 bridgehead atoms. The summed E-state index contributed by atoms with van der Waals surface area (Å²) in [7, 11) is 0. The van der Waals surface area contributed by atoms with Gasteiger partial charge in [0.25, 0.3) is 0 Å². The summed E-state index contributed by atoms with van der Waals surface area (Å²) < 4.78 is 13.4. The molecule has 1 atom stereocenters. The molecular weight excluding hydrogens is 193 g/mol. The van der Waals surface area contributed by atoms with Gasteiger partial charge in [0, 0.05) is 11.8 Å². The topological polar surface area (TPSA) is 33.1 Å². The predicted octanol–water partition coefficient (Wildman–Crippen LogP) is 3.01. The largest absolute Gasteiger partial charge is 0.385 e. The van der Waals surface area contributed by atoms with Crippen LogP contribution in [0.15, 0.2) is 18.5 Å². The molecule has 1 aromatic rings. The zero-order valence-electron chi connectivity index (χ0n) is 9.33. The average molecular weight is 211 g/mol. The molecule has 0 spiro atoms. The fraction of sp³-hybridized carbons (Fsp3) is 0.583. The lowest BCUT2D eigenvalue weighted by molar-refractivity contribution is 0.0412. The van der Waals surface area contributed by atoms with Gasteiger partial charge in [-0.25, -0.2) is 4.39 Å². The van der Waals surface area contributed by atoms with Crippen LogP contribution in [0.4, 0.5) is 4.39 Å². The van der Waals surface area contributed by atoms with Gasteiger partial charge in [-0.15, -0.1) is 0 Å². The Morgan fingerprint density at radius 2 is 2.20 bits per heavy atom. The highest BCUT2D eigenvalue weighted by Gasteiger charge is 2.25. The maximum atomic E-state index is 13.4. The monoisotopic (exact) mass is 211 g/mol. The van der Waals surface area contributed by atoms with E-state index in [1.165, 1.54) is 6.20 Å². The molecule has 2 nitrogen and oxygen atoms in total. The second kappa shape index (κ2) is 5.21. The second-order valence-corrected chi connectivity index (χ2v) is 4.09. The molecule has 0 saturated heterocycles. The van der Waals surface area contributed by atoms with Crippen molar-refractivity contribution < 1.29 is 9.50 Å². The summed E-state index contributed by atoms with van der Waals surface area (Å²) in [6, 6.07) is 1.54. The van der Waals surface area contributed by atoms with Gasteiger partial charge in [-0.1, -0.05) is 26.2 Å². The molecule has 1 aromatic heterocycles. The number of aliphatic hydroxyl groups is 1. The number of hydrogen-bond donors (Lipinski definition) is 1. The first-order valence-electron chi connectivity index (χ1n) is 5.40. The predicted molar refractivity (Wildman–Crippen MR) is 57.9 cm³/mol. The van der Waals surface area contributed by atoms with Crippen LogP contribution in [0.3, 0.4) is 0 Å². The molecule has 0 aliphatic carbocycles. The summed E-state index contributed by atoms with van der Waals surface area (Å²) in [5.41, 5.74) is -0.740. The lowest BCUT2D eigenvalue weighted by atomic mass is 9.90. The third kappa shape index (κ3) is 3.27. The average Bonchev–Trinajstić information content (AvgIpc) is 2.18. The Labute approximate surface area is 90.2 Å². The van der Waals surface area contributed by atoms with Gasteiger partial charge >= 0.3 is 0 Å². The number of pyridine rings is 1. The molecule has 1 heterocycles. The molecule has 84 valence electrons. The van der Waals surface area contributed by atoms with Crippen molar-refractivity contribution in [2.24, 2.45) is 0 Å². The van der Waals surface area contributed by atoms with E-state index < -0.39 is 11.4 Å². The quantitative estimate of drug-likeness (QED) is 0.759. The summed E-state index contributed by atoms with van der Waals surface area (Å²) >= 11 is 0. The minimum atomic E-state index is -1.08. The molecule has 0 aliphatic rings. The molecule has 0 fully saturated rings. The third-order valence-corrected chi connectivity index (χ3v) is 2.62. The van der Waals surface area contributed by atoms with Crippen LogP contribution in [0, 0.1) is 5.82 Å². The normalized spacial score (nSPS) is 14.9. The number of halogens is 1. The number of rotatable bonds is 5. The lowest BCUT2D eigenvalue weighted by Gasteiger charge is -2.23. The van der Waals surface area contributed by atoms with Gasteiger partial charge in [0.1, 0.15) is 5.82 Å². The molecule has 1 N–H and O–H groups in total. The van der Waals surface area contributed by atoms with Crippen molar-refractivity contribution in [1.29, 1.82) is 0 Å². The van der Waals surface area contributed by atoms with E-state index in [2.05, 4.69) is 11.9 Å². The van der Waals surface area contributed by atoms with Crippen LogP contribution in [-0.2, 0) is 5.60 Å². The van der Waals surface area contributed by atoms with Crippen LogP contribution >= 0.6 is 0 Å². The van der Waals surface area contributed by atoms with Crippen LogP contribution in [0.25, 0.3) is 0 Å². The van der Waals surface area contributed by atoms with Crippen LogP contribution < -0.4 is 0 Å². The fourth-order valence-electron chi connectivity index (χ4n) is 1.67. The van der Waals surface area contributed by atoms with E-state index in [0.29, 0.717) is 12.0 Å². The molecule has 1 unspecified atom stereocenters. The number of unbranched alkanes of at least 4 members (excludes halogenated alkanes) is 2. The van der Waals surface area contributed by atoms with Crippen LogP contribution in [0.5, 0.6) is 0 Å². The minimum absolute atomic E-state index is 0.341. The summed E-state index contributed by atoms with van der Waals surface area (Å²) in [4.78, 5) is 3.67. The first kappa shape index (κ1) is 12.1. The zero-order chi connectivity index (χ0) is 11.3. The smallest absolute Gasteiger partial charge is 0.147 e. The highest BCUT2D eigenvalue weighted by molar-refractivity contribution is 5.19. The highest BCUT2D eigenvalue weighted by atomic mass is 19.1. The Balaban J connectivity index is 2.72. The van der Waals surface area contributed by atoms with Gasteiger partial charge in [-0.05, 0) is 19.4 Å². The molecule has 0 saturated carbocycles. The van der Waals surface area contributed by atoms with E-state index in [9.17, 15) is 9.50 Å². The van der Waals surface area contributed by atoms with Crippen molar-refractivity contribution in [3.05, 3.63) is 29.8 Å². The maximum absolute atomic E-state index is 13.4. The minimum Gasteiger partial charge on any atom is -0.385 e. The third-order valence-electron chi connectivity index (χ3n) is 2.62. The summed E-state index contributed by atoms with van der Waals surface area (Å²) in [5, 5.41) is 10.1. The van der Waals surface area contributed by atoms with Gasteiger partial charge in [0.2, 0.25) is 0 Å². The van der Waals surface area contributed by atoms with Crippen molar-refractivity contribution >= 4 is 0 Å². The summed E-state index contributed by atoms with van der Waals surface area (Å²) in [6.07, 6.45) is 6.29. The van der Waals surface area contributed by atoms with Gasteiger partial charge < -0.3 is 5.11 Å². The van der Waals surface area contributed by atoms with E-state index in [4.69, 9.17) is 0 Å². The Morgan fingerprint density at radius 3 is 2.80 bits per heavy atom. The second-order valence-electron chi connectivity index (χ2n) is 4.09. The van der Waals surface area contributed by atoms with Crippen LogP contribution in [0.2, 0.25) is 0 Å². The first-order chi connectivity index (χ1) is 7.08. The molecule has 0 amide bonds. The van der Waals surface area contributed by atoms with E-state index >= 15 is 0 Å². The summed E-state index contributed by atoms with van der Waals surface area (Å²) in [6.45, 7) is 3.75. The van der Waals surface area contributed by atoms with E-state index in [1.54, 1.807) is 13.0 Å². The maximum Gasteiger partial charge on any atom is 0.147 e. The van der Waals surface area contributed by atoms with Gasteiger partial charge in [0.05, 0.1) is 11.8 Å². The van der Waals surface area contributed by atoms with Gasteiger partial charge in [0.15, 0.2) is 0 Å². The lowest BCUT2D eigenvalue weighted by Crippen LogP contribution is -2.22. The number of nitrogens with zero attached hydrogens (tertiary/aromatic N) is 1. The Bertz CT molecular complexity index is 312. The standard InChI is InChI=1S/C12H18FNO/c1-3-4-5-7-12(2,15)10-6-8-14-9-11(10)13/h6,8-9,15H,3-5,7H2,1-2H3. The van der Waals surface area contributed by atoms with Gasteiger partial charge in [-0.3, -0.25) is 4.98 Å². The molecule has 3 heteroatoms.